The van der Waals surface area contributed by atoms with E-state index in [1.54, 1.807) is 9.80 Å². The SMILES string of the molecule is C=CC(=O)N1CCc2nn(-c3ccc(C4CC4)cc3)c3c2[C@H](C1)N(C(=O)c1cnc2c(c1)c(C(F)(F)F)nn2C)CC3. The summed E-state index contributed by atoms with van der Waals surface area (Å²) in [5.74, 6) is -0.0782. The molecule has 0 bridgehead atoms. The summed E-state index contributed by atoms with van der Waals surface area (Å²) in [6, 6.07) is 9.11. The predicted molar refractivity (Wildman–Crippen MR) is 147 cm³/mol. The number of aryl methyl sites for hydroxylation is 1. The molecule has 1 fully saturated rings. The van der Waals surface area contributed by atoms with E-state index in [9.17, 15) is 22.8 Å². The number of hydrogen-bond donors (Lipinski definition) is 0. The van der Waals surface area contributed by atoms with E-state index in [0.29, 0.717) is 31.8 Å². The molecule has 3 aliphatic rings. The van der Waals surface area contributed by atoms with Crippen molar-refractivity contribution >= 4 is 22.8 Å². The lowest BCUT2D eigenvalue weighted by Gasteiger charge is -2.37. The second kappa shape index (κ2) is 9.53. The Kier molecular flexibility index (Phi) is 6.00. The summed E-state index contributed by atoms with van der Waals surface area (Å²) in [4.78, 5) is 34.2. The summed E-state index contributed by atoms with van der Waals surface area (Å²) in [7, 11) is 1.38. The lowest BCUT2D eigenvalue weighted by atomic mass is 9.94. The van der Waals surface area contributed by atoms with Gasteiger partial charge in [-0.15, -0.1) is 0 Å². The molecular formula is C30H28F3N7O2. The van der Waals surface area contributed by atoms with Crippen molar-refractivity contribution in [3.8, 4) is 5.69 Å². The molecule has 1 aliphatic carbocycles. The Labute approximate surface area is 239 Å². The van der Waals surface area contributed by atoms with Crippen LogP contribution in [0.4, 0.5) is 13.2 Å². The number of amides is 2. The highest BCUT2D eigenvalue weighted by Crippen LogP contribution is 2.41. The highest BCUT2D eigenvalue weighted by Gasteiger charge is 2.41. The Balaban J connectivity index is 1.29. The first-order valence-corrected chi connectivity index (χ1v) is 14.0. The lowest BCUT2D eigenvalue weighted by Crippen LogP contribution is -2.45. The van der Waals surface area contributed by atoms with Crippen LogP contribution in [0.1, 0.15) is 63.4 Å². The van der Waals surface area contributed by atoms with Crippen molar-refractivity contribution in [1.82, 2.24) is 34.3 Å². The largest absolute Gasteiger partial charge is 0.435 e. The van der Waals surface area contributed by atoms with E-state index in [4.69, 9.17) is 5.10 Å². The molecule has 0 saturated heterocycles. The van der Waals surface area contributed by atoms with E-state index in [-0.39, 0.29) is 29.0 Å². The number of hydrogen-bond acceptors (Lipinski definition) is 5. The van der Waals surface area contributed by atoms with E-state index in [1.807, 2.05) is 4.68 Å². The molecule has 42 heavy (non-hydrogen) atoms. The fraction of sp³-hybridized carbons (Fsp3) is 0.367. The molecule has 2 aliphatic heterocycles. The fourth-order valence-corrected chi connectivity index (χ4v) is 6.32. The molecular weight excluding hydrogens is 547 g/mol. The molecule has 5 heterocycles. The molecule has 0 N–H and O–H groups in total. The summed E-state index contributed by atoms with van der Waals surface area (Å²) in [6.07, 6.45) is 1.28. The third-order valence-electron chi connectivity index (χ3n) is 8.54. The van der Waals surface area contributed by atoms with Gasteiger partial charge < -0.3 is 9.80 Å². The second-order valence-electron chi connectivity index (χ2n) is 11.2. The van der Waals surface area contributed by atoms with Gasteiger partial charge in [0.15, 0.2) is 11.3 Å². The number of carbonyl (C=O) groups excluding carboxylic acids is 2. The van der Waals surface area contributed by atoms with E-state index in [1.165, 1.54) is 43.8 Å². The van der Waals surface area contributed by atoms with Crippen molar-refractivity contribution < 1.29 is 22.8 Å². The van der Waals surface area contributed by atoms with Crippen molar-refractivity contribution in [3.63, 3.8) is 0 Å². The van der Waals surface area contributed by atoms with Gasteiger partial charge in [0, 0.05) is 51.3 Å². The van der Waals surface area contributed by atoms with Gasteiger partial charge >= 0.3 is 6.18 Å². The number of aromatic nitrogens is 5. The van der Waals surface area contributed by atoms with Crippen LogP contribution < -0.4 is 0 Å². The van der Waals surface area contributed by atoms with Gasteiger partial charge in [-0.2, -0.15) is 23.4 Å². The zero-order valence-corrected chi connectivity index (χ0v) is 22.9. The Bertz CT molecular complexity index is 1750. The van der Waals surface area contributed by atoms with E-state index >= 15 is 0 Å². The minimum absolute atomic E-state index is 0.0277. The predicted octanol–water partition coefficient (Wildman–Crippen LogP) is 4.36. The van der Waals surface area contributed by atoms with Gasteiger partial charge in [0.05, 0.1) is 34.1 Å². The molecule has 216 valence electrons. The standard InChI is InChI=1S/C30H28F3N7O2/c1-3-25(41)38-12-10-22-26-23(40(35-22)20-8-6-18(7-9-20)17-4-5-17)11-13-39(24(26)16-38)29(42)19-14-21-27(30(31,32)33)36-37(2)28(21)34-15-19/h3,6-9,14-15,17,24H,1,4-5,10-13,16H2,2H3/t24-/m0/s1. The number of nitrogens with zero attached hydrogens (tertiary/aromatic N) is 7. The summed E-state index contributed by atoms with van der Waals surface area (Å²) in [5, 5.41) is 8.33. The number of benzene rings is 1. The first kappa shape index (κ1) is 26.4. The van der Waals surface area contributed by atoms with Crippen LogP contribution in [0.2, 0.25) is 0 Å². The summed E-state index contributed by atoms with van der Waals surface area (Å²) in [6.45, 7) is 4.55. The molecule has 9 nitrogen and oxygen atoms in total. The van der Waals surface area contributed by atoms with Crippen LogP contribution in [0.3, 0.4) is 0 Å². The second-order valence-corrected chi connectivity index (χ2v) is 11.2. The van der Waals surface area contributed by atoms with Crippen molar-refractivity contribution in [3.05, 3.63) is 83.0 Å². The summed E-state index contributed by atoms with van der Waals surface area (Å²) >= 11 is 0. The quantitative estimate of drug-likeness (QED) is 0.338. The van der Waals surface area contributed by atoms with Crippen LogP contribution in [-0.2, 0) is 30.9 Å². The Morgan fingerprint density at radius 2 is 1.83 bits per heavy atom. The molecule has 1 aromatic carbocycles. The molecule has 1 saturated carbocycles. The zero-order valence-electron chi connectivity index (χ0n) is 22.9. The molecule has 7 rings (SSSR count). The average Bonchev–Trinajstić information content (AvgIpc) is 3.72. The van der Waals surface area contributed by atoms with Crippen LogP contribution in [0.5, 0.6) is 0 Å². The number of halogens is 3. The first-order chi connectivity index (χ1) is 20.1. The third kappa shape index (κ3) is 4.27. The van der Waals surface area contributed by atoms with Crippen molar-refractivity contribution in [1.29, 1.82) is 0 Å². The highest BCUT2D eigenvalue weighted by atomic mass is 19.4. The highest BCUT2D eigenvalue weighted by molar-refractivity contribution is 5.98. The maximum absolute atomic E-state index is 14.0. The van der Waals surface area contributed by atoms with Crippen LogP contribution >= 0.6 is 0 Å². The van der Waals surface area contributed by atoms with Crippen LogP contribution in [0, 0.1) is 0 Å². The normalized spacial score (nSPS) is 18.6. The zero-order chi connectivity index (χ0) is 29.3. The van der Waals surface area contributed by atoms with E-state index in [2.05, 4.69) is 40.9 Å². The molecule has 4 aromatic rings. The Hall–Kier alpha value is -4.48. The Morgan fingerprint density at radius 1 is 1.07 bits per heavy atom. The molecule has 12 heteroatoms. The Morgan fingerprint density at radius 3 is 2.52 bits per heavy atom. The van der Waals surface area contributed by atoms with Gasteiger partial charge in [-0.05, 0) is 48.6 Å². The number of carbonyl (C=O) groups is 2. The van der Waals surface area contributed by atoms with Gasteiger partial charge in [-0.3, -0.25) is 9.59 Å². The first-order valence-electron chi connectivity index (χ1n) is 14.0. The van der Waals surface area contributed by atoms with Crippen molar-refractivity contribution in [2.75, 3.05) is 19.6 Å². The van der Waals surface area contributed by atoms with Gasteiger partial charge in [-0.25, -0.2) is 14.3 Å². The van der Waals surface area contributed by atoms with Crippen molar-refractivity contribution in [2.24, 2.45) is 7.05 Å². The minimum Gasteiger partial charge on any atom is -0.336 e. The molecule has 0 radical (unpaired) electrons. The van der Waals surface area contributed by atoms with Gasteiger partial charge in [0.1, 0.15) is 0 Å². The van der Waals surface area contributed by atoms with Gasteiger partial charge in [0.2, 0.25) is 5.91 Å². The molecule has 0 unspecified atom stereocenters. The van der Waals surface area contributed by atoms with Crippen LogP contribution in [0.25, 0.3) is 16.7 Å². The van der Waals surface area contributed by atoms with Gasteiger partial charge in [0.25, 0.3) is 5.91 Å². The van der Waals surface area contributed by atoms with Crippen molar-refractivity contribution in [2.45, 2.75) is 43.8 Å². The molecule has 2 amide bonds. The van der Waals surface area contributed by atoms with E-state index in [0.717, 1.165) is 27.3 Å². The molecule has 3 aromatic heterocycles. The molecule has 1 atom stereocenters. The number of alkyl halides is 3. The average molecular weight is 576 g/mol. The summed E-state index contributed by atoms with van der Waals surface area (Å²) in [5.41, 5.74) is 3.91. The lowest BCUT2D eigenvalue weighted by molar-refractivity contribution is -0.140. The van der Waals surface area contributed by atoms with Gasteiger partial charge in [-0.1, -0.05) is 18.7 Å². The van der Waals surface area contributed by atoms with E-state index < -0.39 is 23.8 Å². The minimum atomic E-state index is -4.70. The molecule has 0 spiro atoms. The maximum Gasteiger partial charge on any atom is 0.435 e. The maximum atomic E-state index is 14.0. The monoisotopic (exact) mass is 575 g/mol. The third-order valence-corrected chi connectivity index (χ3v) is 8.54. The number of pyridine rings is 1. The van der Waals surface area contributed by atoms with Crippen LogP contribution in [-0.4, -0.2) is 65.8 Å². The fourth-order valence-electron chi connectivity index (χ4n) is 6.32. The van der Waals surface area contributed by atoms with Crippen LogP contribution in [0.15, 0.2) is 49.2 Å². The summed E-state index contributed by atoms with van der Waals surface area (Å²) < 4.78 is 44.1. The smallest absolute Gasteiger partial charge is 0.336 e. The number of rotatable bonds is 4. The number of fused-ring (bicyclic) bond motifs is 1. The topological polar surface area (TPSA) is 89.2 Å².